The van der Waals surface area contributed by atoms with Crippen LogP contribution in [0.1, 0.15) is 10.5 Å². The molecule has 0 saturated heterocycles. The van der Waals surface area contributed by atoms with E-state index in [-0.39, 0.29) is 5.69 Å². The first-order valence-corrected chi connectivity index (χ1v) is 3.95. The highest BCUT2D eigenvalue weighted by molar-refractivity contribution is 14.1. The molecule has 0 aromatic carbocycles. The molecule has 0 spiro atoms. The van der Waals surface area contributed by atoms with Crippen molar-refractivity contribution in [3.8, 4) is 0 Å². The van der Waals surface area contributed by atoms with Crippen LogP contribution in [-0.2, 0) is 4.79 Å². The van der Waals surface area contributed by atoms with Crippen molar-refractivity contribution in [2.45, 2.75) is 0 Å². The van der Waals surface area contributed by atoms with Crippen molar-refractivity contribution < 1.29 is 9.59 Å². The Kier molecular flexibility index (Phi) is 2.70. The van der Waals surface area contributed by atoms with Crippen molar-refractivity contribution >= 4 is 32.2 Å². The van der Waals surface area contributed by atoms with Crippen molar-refractivity contribution in [2.24, 2.45) is 0 Å². The molecule has 0 atom stereocenters. The normalized spacial score (nSPS) is 9.18. The lowest BCUT2D eigenvalue weighted by atomic mass is 10.3. The molecular formula is C7H4INO2. The molecule has 1 aromatic rings. The molecule has 1 aromatic heterocycles. The number of aromatic nitrogens is 1. The van der Waals surface area contributed by atoms with Crippen molar-refractivity contribution in [1.29, 1.82) is 0 Å². The Hall–Kier alpha value is -0.780. The van der Waals surface area contributed by atoms with Crippen LogP contribution in [0.15, 0.2) is 24.4 Å². The molecular weight excluding hydrogens is 257 g/mol. The Morgan fingerprint density at radius 1 is 1.36 bits per heavy atom. The van der Waals surface area contributed by atoms with E-state index in [2.05, 4.69) is 4.98 Å². The summed E-state index contributed by atoms with van der Waals surface area (Å²) < 4.78 is -0.513. The van der Waals surface area contributed by atoms with Gasteiger partial charge in [0, 0.05) is 28.8 Å². The fourth-order valence-electron chi connectivity index (χ4n) is 0.598. The molecule has 3 nitrogen and oxygen atoms in total. The average Bonchev–Trinajstić information content (AvgIpc) is 2.05. The Morgan fingerprint density at radius 2 is 2.09 bits per heavy atom. The number of Topliss-reactive ketones (excluding diaryl/α,β-unsaturated/α-hetero) is 1. The van der Waals surface area contributed by atoms with Crippen molar-refractivity contribution in [3.63, 3.8) is 0 Å². The average molecular weight is 261 g/mol. The molecule has 0 aliphatic heterocycles. The molecule has 0 aliphatic carbocycles. The Bertz CT molecular complexity index is 284. The van der Waals surface area contributed by atoms with E-state index in [1.54, 1.807) is 12.1 Å². The maximum atomic E-state index is 10.9. The Balaban J connectivity index is 2.95. The second kappa shape index (κ2) is 3.56. The van der Waals surface area contributed by atoms with Gasteiger partial charge in [0.15, 0.2) is 0 Å². The van der Waals surface area contributed by atoms with Gasteiger partial charge >= 0.3 is 0 Å². The quantitative estimate of drug-likeness (QED) is 0.348. The van der Waals surface area contributed by atoms with Gasteiger partial charge in [0.25, 0.3) is 9.57 Å². The molecule has 0 N–H and O–H groups in total. The number of halogens is 1. The number of nitrogens with zero attached hydrogens (tertiary/aromatic N) is 1. The van der Waals surface area contributed by atoms with E-state index in [0.717, 1.165) is 0 Å². The van der Waals surface area contributed by atoms with Gasteiger partial charge in [-0.25, -0.2) is 0 Å². The molecule has 1 rings (SSSR count). The van der Waals surface area contributed by atoms with Crippen LogP contribution in [-0.4, -0.2) is 14.6 Å². The number of hydrogen-bond acceptors (Lipinski definition) is 3. The van der Waals surface area contributed by atoms with Gasteiger partial charge in [-0.05, 0) is 12.1 Å². The molecule has 11 heavy (non-hydrogen) atoms. The summed E-state index contributed by atoms with van der Waals surface area (Å²) in [4.78, 5) is 25.2. The highest BCUT2D eigenvalue weighted by atomic mass is 127. The zero-order chi connectivity index (χ0) is 8.27. The van der Waals surface area contributed by atoms with E-state index in [4.69, 9.17) is 0 Å². The molecule has 56 valence electrons. The Labute approximate surface area is 77.0 Å². The third-order valence-electron chi connectivity index (χ3n) is 1.08. The second-order valence-electron chi connectivity index (χ2n) is 1.82. The zero-order valence-corrected chi connectivity index (χ0v) is 7.61. The third-order valence-corrected chi connectivity index (χ3v) is 1.57. The first-order valence-electron chi connectivity index (χ1n) is 2.87. The van der Waals surface area contributed by atoms with Crippen LogP contribution < -0.4 is 0 Å². The lowest BCUT2D eigenvalue weighted by molar-refractivity contribution is -0.106. The number of rotatable bonds is 2. The highest BCUT2D eigenvalue weighted by Crippen LogP contribution is 1.99. The number of carbonyl (C=O) groups excluding carboxylic acids is 2. The van der Waals surface area contributed by atoms with E-state index >= 15 is 0 Å². The maximum Gasteiger partial charge on any atom is 0.264 e. The standard InChI is InChI=1S/C7H4INO2/c8-7(11)6(10)5-3-1-2-4-9-5/h1-4H. The monoisotopic (exact) mass is 261 g/mol. The van der Waals surface area contributed by atoms with Crippen molar-refractivity contribution in [3.05, 3.63) is 30.1 Å². The summed E-state index contributed by atoms with van der Waals surface area (Å²) in [5.74, 6) is -0.550. The van der Waals surface area contributed by atoms with Crippen LogP contribution >= 0.6 is 22.6 Å². The summed E-state index contributed by atoms with van der Waals surface area (Å²) in [7, 11) is 0. The van der Waals surface area contributed by atoms with Gasteiger partial charge < -0.3 is 0 Å². The van der Waals surface area contributed by atoms with Gasteiger partial charge in [-0.2, -0.15) is 0 Å². The number of hydrogen-bond donors (Lipinski definition) is 0. The summed E-state index contributed by atoms with van der Waals surface area (Å²) in [6.45, 7) is 0. The van der Waals surface area contributed by atoms with Crippen molar-refractivity contribution in [2.75, 3.05) is 0 Å². The molecule has 1 heterocycles. The number of pyridine rings is 1. The lowest BCUT2D eigenvalue weighted by Crippen LogP contribution is -2.08. The fourth-order valence-corrected chi connectivity index (χ4v) is 0.874. The predicted octanol–water partition coefficient (Wildman–Crippen LogP) is 1.23. The molecule has 0 amide bonds. The van der Waals surface area contributed by atoms with Crippen LogP contribution in [0.5, 0.6) is 0 Å². The largest absolute Gasteiger partial charge is 0.283 e. The summed E-state index contributed by atoms with van der Waals surface area (Å²) in [5.41, 5.74) is 0.201. The van der Waals surface area contributed by atoms with E-state index < -0.39 is 9.57 Å². The van der Waals surface area contributed by atoms with Crippen LogP contribution in [0.4, 0.5) is 0 Å². The summed E-state index contributed by atoms with van der Waals surface area (Å²) in [6, 6.07) is 4.87. The molecule has 0 bridgehead atoms. The first-order chi connectivity index (χ1) is 5.22. The molecule has 4 heteroatoms. The van der Waals surface area contributed by atoms with Gasteiger partial charge in [0.1, 0.15) is 5.69 Å². The van der Waals surface area contributed by atoms with Gasteiger partial charge in [-0.3, -0.25) is 14.6 Å². The fraction of sp³-hybridized carbons (Fsp3) is 0. The van der Waals surface area contributed by atoms with E-state index in [0.29, 0.717) is 0 Å². The van der Waals surface area contributed by atoms with Gasteiger partial charge in [0.2, 0.25) is 0 Å². The second-order valence-corrected chi connectivity index (χ2v) is 2.80. The zero-order valence-electron chi connectivity index (χ0n) is 5.45. The van der Waals surface area contributed by atoms with Crippen LogP contribution in [0.2, 0.25) is 0 Å². The first kappa shape index (κ1) is 8.32. The highest BCUT2D eigenvalue weighted by Gasteiger charge is 2.12. The minimum absolute atomic E-state index is 0.201. The SMILES string of the molecule is O=C(I)C(=O)c1ccccn1. The van der Waals surface area contributed by atoms with E-state index in [9.17, 15) is 9.59 Å². The van der Waals surface area contributed by atoms with Gasteiger partial charge in [0.05, 0.1) is 0 Å². The summed E-state index contributed by atoms with van der Waals surface area (Å²) in [5, 5.41) is 0. The van der Waals surface area contributed by atoms with Crippen LogP contribution in [0.25, 0.3) is 0 Å². The minimum Gasteiger partial charge on any atom is -0.283 e. The minimum atomic E-state index is -0.550. The smallest absolute Gasteiger partial charge is 0.264 e. The summed E-state index contributed by atoms with van der Waals surface area (Å²) in [6.07, 6.45) is 1.48. The molecule has 0 fully saturated rings. The summed E-state index contributed by atoms with van der Waals surface area (Å²) >= 11 is 1.44. The number of ketones is 1. The predicted molar refractivity (Wildman–Crippen MR) is 47.6 cm³/mol. The molecule has 0 saturated carbocycles. The van der Waals surface area contributed by atoms with Gasteiger partial charge in [-0.15, -0.1) is 0 Å². The third kappa shape index (κ3) is 2.07. The molecule has 0 unspecified atom stereocenters. The van der Waals surface area contributed by atoms with Crippen molar-refractivity contribution in [1.82, 2.24) is 4.98 Å². The molecule has 0 aliphatic rings. The lowest BCUT2D eigenvalue weighted by Gasteiger charge is -1.91. The number of carbonyl (C=O) groups is 2. The van der Waals surface area contributed by atoms with Crippen LogP contribution in [0.3, 0.4) is 0 Å². The maximum absolute atomic E-state index is 10.9. The van der Waals surface area contributed by atoms with Crippen LogP contribution in [0, 0.1) is 0 Å². The van der Waals surface area contributed by atoms with E-state index in [1.807, 2.05) is 0 Å². The molecule has 0 radical (unpaired) electrons. The van der Waals surface area contributed by atoms with E-state index in [1.165, 1.54) is 34.9 Å². The Morgan fingerprint density at radius 3 is 2.55 bits per heavy atom. The van der Waals surface area contributed by atoms with Gasteiger partial charge in [-0.1, -0.05) is 6.07 Å². The topological polar surface area (TPSA) is 47.0 Å².